The van der Waals surface area contributed by atoms with Crippen molar-refractivity contribution in [1.82, 2.24) is 14.3 Å². The molecule has 0 saturated carbocycles. The van der Waals surface area contributed by atoms with Crippen molar-refractivity contribution in [1.29, 1.82) is 0 Å². The molecule has 1 aromatic heterocycles. The Morgan fingerprint density at radius 3 is 2.36 bits per heavy atom. The van der Waals surface area contributed by atoms with Crippen molar-refractivity contribution in [3.8, 4) is 0 Å². The molecule has 0 aliphatic carbocycles. The largest absolute Gasteiger partial charge is 0.394 e. The molecule has 5 nitrogen and oxygen atoms in total. The summed E-state index contributed by atoms with van der Waals surface area (Å²) in [6.45, 7) is 6.18. The number of rotatable bonds is 2. The van der Waals surface area contributed by atoms with Crippen LogP contribution in [-0.4, -0.2) is 26.1 Å². The fourth-order valence-electron chi connectivity index (χ4n) is 1.38. The van der Waals surface area contributed by atoms with E-state index in [0.717, 1.165) is 5.82 Å². The van der Waals surface area contributed by atoms with Gasteiger partial charge in [-0.3, -0.25) is 4.57 Å². The van der Waals surface area contributed by atoms with E-state index in [1.165, 1.54) is 9.25 Å². The molecule has 0 aliphatic heterocycles. The summed E-state index contributed by atoms with van der Waals surface area (Å²) < 4.78 is 2.82. The smallest absolute Gasteiger partial charge is 0.345 e. The molecule has 0 atom stereocenters. The van der Waals surface area contributed by atoms with Crippen molar-refractivity contribution >= 4 is 0 Å². The maximum atomic E-state index is 11.6. The summed E-state index contributed by atoms with van der Waals surface area (Å²) in [5.41, 5.74) is -0.335. The van der Waals surface area contributed by atoms with Crippen LogP contribution in [0.25, 0.3) is 0 Å². The molecule has 0 fully saturated rings. The molecule has 1 rings (SSSR count). The first kappa shape index (κ1) is 11.0. The molecule has 0 saturated heterocycles. The van der Waals surface area contributed by atoms with Gasteiger partial charge in [-0.15, -0.1) is 0 Å². The van der Waals surface area contributed by atoms with Crippen LogP contribution >= 0.6 is 0 Å². The minimum Gasteiger partial charge on any atom is -0.394 e. The van der Waals surface area contributed by atoms with E-state index in [1.807, 2.05) is 20.8 Å². The van der Waals surface area contributed by atoms with Crippen LogP contribution < -0.4 is 5.69 Å². The SMILES string of the molecule is Cn1c(C(C)(C)C)nn(CCO)c1=O. The summed E-state index contributed by atoms with van der Waals surface area (Å²) in [5.74, 6) is 0.732. The summed E-state index contributed by atoms with van der Waals surface area (Å²) in [7, 11) is 1.70. The average molecular weight is 199 g/mol. The zero-order chi connectivity index (χ0) is 10.9. The van der Waals surface area contributed by atoms with Gasteiger partial charge in [0, 0.05) is 12.5 Å². The second-order valence-corrected chi connectivity index (χ2v) is 4.36. The minimum absolute atomic E-state index is 0.0689. The number of aliphatic hydroxyl groups is 1. The summed E-state index contributed by atoms with van der Waals surface area (Å²) in [6, 6.07) is 0. The molecule has 1 aromatic rings. The van der Waals surface area contributed by atoms with Gasteiger partial charge in [0.25, 0.3) is 0 Å². The van der Waals surface area contributed by atoms with Crippen LogP contribution in [0.5, 0.6) is 0 Å². The second kappa shape index (κ2) is 3.57. The Kier molecular flexibility index (Phi) is 2.80. The van der Waals surface area contributed by atoms with Gasteiger partial charge in [-0.25, -0.2) is 9.48 Å². The summed E-state index contributed by atoms with van der Waals surface area (Å²) in [4.78, 5) is 11.6. The standard InChI is InChI=1S/C9H17N3O2/c1-9(2,3)7-10-12(5-6-13)8(14)11(7)4/h13H,5-6H2,1-4H3. The van der Waals surface area contributed by atoms with E-state index in [2.05, 4.69) is 5.10 Å². The van der Waals surface area contributed by atoms with E-state index in [1.54, 1.807) is 7.05 Å². The Morgan fingerprint density at radius 2 is 2.00 bits per heavy atom. The molecule has 0 bridgehead atoms. The summed E-state index contributed by atoms with van der Waals surface area (Å²) in [5, 5.41) is 12.9. The molecule has 1 N–H and O–H groups in total. The van der Waals surface area contributed by atoms with Crippen molar-refractivity contribution in [2.45, 2.75) is 32.7 Å². The zero-order valence-corrected chi connectivity index (χ0v) is 9.11. The van der Waals surface area contributed by atoms with Crippen molar-refractivity contribution in [2.24, 2.45) is 7.05 Å². The van der Waals surface area contributed by atoms with Gasteiger partial charge < -0.3 is 5.11 Å². The molecule has 0 aliphatic rings. The third-order valence-electron chi connectivity index (χ3n) is 2.02. The minimum atomic E-state index is -0.177. The van der Waals surface area contributed by atoms with Gasteiger partial charge in [0.2, 0.25) is 0 Å². The van der Waals surface area contributed by atoms with Gasteiger partial charge in [-0.2, -0.15) is 5.10 Å². The predicted octanol–water partition coefficient (Wildman–Crippen LogP) is -0.128. The third kappa shape index (κ3) is 1.87. The molecule has 14 heavy (non-hydrogen) atoms. The fraction of sp³-hybridized carbons (Fsp3) is 0.778. The normalized spacial score (nSPS) is 12.1. The molecule has 0 radical (unpaired) electrons. The molecule has 5 heteroatoms. The van der Waals surface area contributed by atoms with Gasteiger partial charge in [0.1, 0.15) is 5.82 Å². The maximum absolute atomic E-state index is 11.6. The number of hydrogen-bond acceptors (Lipinski definition) is 3. The average Bonchev–Trinajstić information content (AvgIpc) is 2.32. The third-order valence-corrected chi connectivity index (χ3v) is 2.02. The first-order valence-electron chi connectivity index (χ1n) is 4.63. The molecule has 0 unspecified atom stereocenters. The van der Waals surface area contributed by atoms with E-state index in [9.17, 15) is 4.79 Å². The van der Waals surface area contributed by atoms with E-state index in [-0.39, 0.29) is 24.3 Å². The van der Waals surface area contributed by atoms with Crippen LogP contribution in [0.15, 0.2) is 4.79 Å². The first-order chi connectivity index (χ1) is 6.38. The Morgan fingerprint density at radius 1 is 1.43 bits per heavy atom. The number of aromatic nitrogens is 3. The van der Waals surface area contributed by atoms with Gasteiger partial charge in [-0.05, 0) is 0 Å². The van der Waals surface area contributed by atoms with E-state index in [0.29, 0.717) is 0 Å². The quantitative estimate of drug-likeness (QED) is 0.722. The number of hydrogen-bond donors (Lipinski definition) is 1. The van der Waals surface area contributed by atoms with E-state index in [4.69, 9.17) is 5.11 Å². The van der Waals surface area contributed by atoms with Gasteiger partial charge in [0.15, 0.2) is 0 Å². The molecule has 1 heterocycles. The maximum Gasteiger partial charge on any atom is 0.345 e. The topological polar surface area (TPSA) is 60.1 Å². The highest BCUT2D eigenvalue weighted by Gasteiger charge is 2.22. The Labute approximate surface area is 83.0 Å². The van der Waals surface area contributed by atoms with E-state index >= 15 is 0 Å². The van der Waals surface area contributed by atoms with Crippen LogP contribution in [0.3, 0.4) is 0 Å². The van der Waals surface area contributed by atoms with Crippen molar-refractivity contribution in [3.63, 3.8) is 0 Å². The Balaban J connectivity index is 3.22. The van der Waals surface area contributed by atoms with Crippen LogP contribution in [0, 0.1) is 0 Å². The Bertz CT molecular complexity index is 370. The molecule has 0 amide bonds. The van der Waals surface area contributed by atoms with Crippen LogP contribution in [0.2, 0.25) is 0 Å². The van der Waals surface area contributed by atoms with Gasteiger partial charge >= 0.3 is 5.69 Å². The molecule has 0 aromatic carbocycles. The predicted molar refractivity (Wildman–Crippen MR) is 53.3 cm³/mol. The summed E-state index contributed by atoms with van der Waals surface area (Å²) >= 11 is 0. The van der Waals surface area contributed by atoms with Gasteiger partial charge in [0.05, 0.1) is 13.2 Å². The lowest BCUT2D eigenvalue weighted by molar-refractivity contribution is 0.266. The number of nitrogens with zero attached hydrogens (tertiary/aromatic N) is 3. The monoisotopic (exact) mass is 199 g/mol. The molecule has 0 spiro atoms. The zero-order valence-electron chi connectivity index (χ0n) is 9.11. The van der Waals surface area contributed by atoms with E-state index < -0.39 is 0 Å². The van der Waals surface area contributed by atoms with Crippen LogP contribution in [-0.2, 0) is 19.0 Å². The van der Waals surface area contributed by atoms with Crippen molar-refractivity contribution in [2.75, 3.05) is 6.61 Å². The molecular formula is C9H17N3O2. The van der Waals surface area contributed by atoms with Gasteiger partial charge in [-0.1, -0.05) is 20.8 Å². The lowest BCUT2D eigenvalue weighted by Crippen LogP contribution is -2.25. The lowest BCUT2D eigenvalue weighted by Gasteiger charge is -2.15. The Hall–Kier alpha value is -1.10. The second-order valence-electron chi connectivity index (χ2n) is 4.36. The number of aliphatic hydroxyl groups excluding tert-OH is 1. The van der Waals surface area contributed by atoms with Crippen molar-refractivity contribution < 1.29 is 5.11 Å². The van der Waals surface area contributed by atoms with Crippen LogP contribution in [0.1, 0.15) is 26.6 Å². The highest BCUT2D eigenvalue weighted by molar-refractivity contribution is 5.01. The highest BCUT2D eigenvalue weighted by Crippen LogP contribution is 2.17. The lowest BCUT2D eigenvalue weighted by atomic mass is 9.96. The first-order valence-corrected chi connectivity index (χ1v) is 4.63. The fourth-order valence-corrected chi connectivity index (χ4v) is 1.38. The summed E-state index contributed by atoms with van der Waals surface area (Å²) in [6.07, 6.45) is 0. The molecular weight excluding hydrogens is 182 g/mol. The van der Waals surface area contributed by atoms with Crippen molar-refractivity contribution in [3.05, 3.63) is 16.3 Å². The molecule has 80 valence electrons. The van der Waals surface area contributed by atoms with Crippen LogP contribution in [0.4, 0.5) is 0 Å². The highest BCUT2D eigenvalue weighted by atomic mass is 16.3.